The van der Waals surface area contributed by atoms with Crippen molar-refractivity contribution in [3.8, 4) is 0 Å². The van der Waals surface area contributed by atoms with Gasteiger partial charge < -0.3 is 22.0 Å². The number of thiophene rings is 1. The molecule has 0 aliphatic carbocycles. The van der Waals surface area contributed by atoms with E-state index in [1.54, 1.807) is 11.3 Å². The second-order valence-corrected chi connectivity index (χ2v) is 5.44. The molecule has 0 bridgehead atoms. The number of anilines is 1. The molecule has 6 N–H and O–H groups in total. The zero-order valence-corrected chi connectivity index (χ0v) is 12.0. The average molecular weight is 301 g/mol. The first-order valence-corrected chi connectivity index (χ1v) is 7.32. The number of benzene rings is 1. The Morgan fingerprint density at radius 1 is 1.33 bits per heavy atom. The monoisotopic (exact) mass is 301 g/mol. The van der Waals surface area contributed by atoms with E-state index < -0.39 is 0 Å². The quantitative estimate of drug-likeness (QED) is 0.252. The Labute approximate surface area is 125 Å². The number of pyridine rings is 1. The van der Waals surface area contributed by atoms with Crippen molar-refractivity contribution in [1.29, 1.82) is 0 Å². The van der Waals surface area contributed by atoms with Crippen LogP contribution in [0.3, 0.4) is 0 Å². The van der Waals surface area contributed by atoms with E-state index in [0.29, 0.717) is 6.54 Å². The van der Waals surface area contributed by atoms with E-state index in [2.05, 4.69) is 15.4 Å². The summed E-state index contributed by atoms with van der Waals surface area (Å²) in [5.41, 5.74) is 7.30. The van der Waals surface area contributed by atoms with Gasteiger partial charge in [-0.3, -0.25) is 0 Å². The number of hydrogen-bond donors (Lipinski definition) is 4. The van der Waals surface area contributed by atoms with Gasteiger partial charge in [0.1, 0.15) is 11.7 Å². The highest BCUT2D eigenvalue weighted by atomic mass is 32.1. The van der Waals surface area contributed by atoms with Gasteiger partial charge in [0.15, 0.2) is 0 Å². The molecular weight excluding hydrogens is 286 g/mol. The topological polar surface area (TPSA) is 110 Å². The Morgan fingerprint density at radius 3 is 2.95 bits per heavy atom. The highest BCUT2D eigenvalue weighted by Gasteiger charge is 2.10. The minimum absolute atomic E-state index is 0.0537. The highest BCUT2D eigenvalue weighted by molar-refractivity contribution is 7.18. The molecule has 0 aliphatic heterocycles. The summed E-state index contributed by atoms with van der Waals surface area (Å²) in [5, 5.41) is 19.8. The molecule has 2 aromatic heterocycles. The Morgan fingerprint density at radius 2 is 2.19 bits per heavy atom. The number of nitrogens with two attached hydrogens (primary N) is 2. The van der Waals surface area contributed by atoms with Crippen molar-refractivity contribution < 1.29 is 5.11 Å². The summed E-state index contributed by atoms with van der Waals surface area (Å²) in [5.74, 6) is 6.25. The maximum atomic E-state index is 8.98. The number of aliphatic hydroxyl groups excluding tert-OH is 1. The lowest BCUT2D eigenvalue weighted by molar-refractivity contribution is 0.311. The number of nitrogens with zero attached hydrogens (tertiary/aromatic N) is 2. The summed E-state index contributed by atoms with van der Waals surface area (Å²) in [6, 6.07) is 7.75. The van der Waals surface area contributed by atoms with Gasteiger partial charge in [0.25, 0.3) is 0 Å². The van der Waals surface area contributed by atoms with Crippen molar-refractivity contribution in [3.63, 3.8) is 0 Å². The van der Waals surface area contributed by atoms with Crippen LogP contribution in [0, 0.1) is 0 Å². The van der Waals surface area contributed by atoms with Crippen LogP contribution in [-0.2, 0) is 0 Å². The van der Waals surface area contributed by atoms with E-state index >= 15 is 0 Å². The first-order valence-electron chi connectivity index (χ1n) is 6.44. The second-order valence-electron chi connectivity index (χ2n) is 4.52. The predicted octanol–water partition coefficient (Wildman–Crippen LogP) is 1.43. The molecule has 0 fully saturated rings. The number of aromatic nitrogens is 1. The fraction of sp³-hybridized carbons (Fsp3) is 0.143. The van der Waals surface area contributed by atoms with Gasteiger partial charge in [-0.1, -0.05) is 12.1 Å². The third-order valence-corrected chi connectivity index (χ3v) is 4.18. The second kappa shape index (κ2) is 5.55. The van der Waals surface area contributed by atoms with Crippen molar-refractivity contribution in [2.45, 2.75) is 0 Å². The van der Waals surface area contributed by atoms with Crippen molar-refractivity contribution in [3.05, 3.63) is 35.2 Å². The van der Waals surface area contributed by atoms with E-state index in [4.69, 9.17) is 16.7 Å². The molecule has 0 saturated heterocycles. The average Bonchev–Trinajstić information content (AvgIpc) is 3.01. The maximum absolute atomic E-state index is 8.98. The van der Waals surface area contributed by atoms with Gasteiger partial charge >= 0.3 is 0 Å². The number of nitrogens with one attached hydrogen (secondary N) is 1. The molecule has 3 aromatic rings. The van der Waals surface area contributed by atoms with Crippen molar-refractivity contribution in [2.75, 3.05) is 18.5 Å². The van der Waals surface area contributed by atoms with Gasteiger partial charge in [-0.05, 0) is 17.5 Å². The van der Waals surface area contributed by atoms with Crippen LogP contribution in [0.25, 0.3) is 21.0 Å². The number of hydrogen-bond acceptors (Lipinski definition) is 6. The Balaban J connectivity index is 2.23. The van der Waals surface area contributed by atoms with Crippen LogP contribution in [-0.4, -0.2) is 29.1 Å². The molecule has 0 spiro atoms. The lowest BCUT2D eigenvalue weighted by atomic mass is 10.1. The molecule has 0 amide bonds. The molecule has 0 aliphatic rings. The SMILES string of the molecule is N/N=C(\N)c1ccc2c(c1)nc(NCCO)c1ccsc12. The molecule has 7 heteroatoms. The maximum Gasteiger partial charge on any atom is 0.150 e. The number of hydrazone groups is 1. The number of fused-ring (bicyclic) bond motifs is 3. The van der Waals surface area contributed by atoms with Crippen molar-refractivity contribution >= 4 is 44.0 Å². The summed E-state index contributed by atoms with van der Waals surface area (Å²) >= 11 is 1.66. The third-order valence-electron chi connectivity index (χ3n) is 3.23. The zero-order chi connectivity index (χ0) is 14.8. The summed E-state index contributed by atoms with van der Waals surface area (Å²) in [7, 11) is 0. The molecule has 0 unspecified atom stereocenters. The van der Waals surface area contributed by atoms with Crippen molar-refractivity contribution in [2.24, 2.45) is 16.7 Å². The zero-order valence-electron chi connectivity index (χ0n) is 11.2. The molecule has 0 radical (unpaired) electrons. The van der Waals surface area contributed by atoms with Crippen LogP contribution in [0.15, 0.2) is 34.7 Å². The summed E-state index contributed by atoms with van der Waals surface area (Å²) in [6.45, 7) is 0.508. The highest BCUT2D eigenvalue weighted by Crippen LogP contribution is 2.33. The number of aliphatic hydroxyl groups is 1. The van der Waals surface area contributed by atoms with Gasteiger partial charge in [-0.25, -0.2) is 4.98 Å². The smallest absolute Gasteiger partial charge is 0.150 e. The van der Waals surface area contributed by atoms with E-state index in [-0.39, 0.29) is 12.4 Å². The molecule has 2 heterocycles. The Kier molecular flexibility index (Phi) is 3.59. The largest absolute Gasteiger partial charge is 0.395 e. The molecule has 108 valence electrons. The van der Waals surface area contributed by atoms with Crippen LogP contribution in [0.5, 0.6) is 0 Å². The Bertz CT molecular complexity index is 827. The summed E-state index contributed by atoms with van der Waals surface area (Å²) in [4.78, 5) is 4.62. The fourth-order valence-electron chi connectivity index (χ4n) is 2.24. The molecule has 0 atom stereocenters. The van der Waals surface area contributed by atoms with Crippen LogP contribution >= 0.6 is 11.3 Å². The molecule has 3 rings (SSSR count). The molecule has 1 aromatic carbocycles. The lowest BCUT2D eigenvalue weighted by Gasteiger charge is -2.09. The lowest BCUT2D eigenvalue weighted by Crippen LogP contribution is -2.15. The van der Waals surface area contributed by atoms with E-state index in [1.807, 2.05) is 29.6 Å². The van der Waals surface area contributed by atoms with Crippen molar-refractivity contribution in [1.82, 2.24) is 4.98 Å². The van der Waals surface area contributed by atoms with Gasteiger partial charge in [-0.15, -0.1) is 11.3 Å². The van der Waals surface area contributed by atoms with Gasteiger partial charge in [0, 0.05) is 27.6 Å². The molecule has 0 saturated carbocycles. The third kappa shape index (κ3) is 2.37. The van der Waals surface area contributed by atoms with Crippen LogP contribution in [0.1, 0.15) is 5.56 Å². The summed E-state index contributed by atoms with van der Waals surface area (Å²) < 4.78 is 1.15. The predicted molar refractivity (Wildman–Crippen MR) is 87.6 cm³/mol. The minimum atomic E-state index is 0.0537. The normalized spacial score (nSPS) is 12.1. The van der Waals surface area contributed by atoms with Gasteiger partial charge in [0.2, 0.25) is 0 Å². The van der Waals surface area contributed by atoms with E-state index in [0.717, 1.165) is 32.4 Å². The molecular formula is C14H15N5OS. The van der Waals surface area contributed by atoms with Crippen LogP contribution in [0.4, 0.5) is 5.82 Å². The minimum Gasteiger partial charge on any atom is -0.395 e. The van der Waals surface area contributed by atoms with Crippen LogP contribution in [0.2, 0.25) is 0 Å². The Hall–Kier alpha value is -2.38. The summed E-state index contributed by atoms with van der Waals surface area (Å²) in [6.07, 6.45) is 0. The van der Waals surface area contributed by atoms with Gasteiger partial charge in [-0.2, -0.15) is 5.10 Å². The first-order chi connectivity index (χ1) is 10.2. The van der Waals surface area contributed by atoms with Gasteiger partial charge in [0.05, 0.1) is 12.1 Å². The first kappa shape index (κ1) is 13.6. The van der Waals surface area contributed by atoms with E-state index in [1.165, 1.54) is 0 Å². The fourth-order valence-corrected chi connectivity index (χ4v) is 3.18. The number of amidine groups is 1. The molecule has 21 heavy (non-hydrogen) atoms. The standard InChI is InChI=1S/C14H15N5OS/c15-13(19-16)8-1-2-9-11(7-8)18-14(17-4-5-20)10-3-6-21-12(9)10/h1-3,6-7,20H,4-5,16H2,(H2,15,19)(H,17,18). The molecule has 6 nitrogen and oxygen atoms in total. The van der Waals surface area contributed by atoms with Crippen LogP contribution < -0.4 is 16.9 Å². The number of rotatable bonds is 4. The van der Waals surface area contributed by atoms with E-state index in [9.17, 15) is 0 Å².